The molecular formula is C28H43NaO3S. The molecule has 2 rings (SSSR count). The summed E-state index contributed by atoms with van der Waals surface area (Å²) in [5, 5.41) is 1.45. The van der Waals surface area contributed by atoms with Crippen LogP contribution in [0.15, 0.2) is 35.2 Å². The van der Waals surface area contributed by atoms with Crippen LogP contribution in [0.25, 0.3) is 10.8 Å². The van der Waals surface area contributed by atoms with Gasteiger partial charge < -0.3 is 4.55 Å². The Morgan fingerprint density at radius 3 is 1.64 bits per heavy atom. The first-order valence-electron chi connectivity index (χ1n) is 13.0. The molecule has 0 radical (unpaired) electrons. The first kappa shape index (κ1) is 30.6. The molecule has 0 saturated carbocycles. The molecular weight excluding hydrogens is 439 g/mol. The molecule has 0 atom stereocenters. The van der Waals surface area contributed by atoms with Crippen molar-refractivity contribution in [2.45, 2.75) is 121 Å². The van der Waals surface area contributed by atoms with Gasteiger partial charge in [-0.25, -0.2) is 8.42 Å². The molecule has 0 aliphatic heterocycles. The first-order valence-corrected chi connectivity index (χ1v) is 14.4. The molecule has 5 heteroatoms. The summed E-state index contributed by atoms with van der Waals surface area (Å²) < 4.78 is 36.1. The van der Waals surface area contributed by atoms with Gasteiger partial charge in [0.15, 0.2) is 0 Å². The Balaban J connectivity index is 0.00000544. The van der Waals surface area contributed by atoms with Crippen LogP contribution >= 0.6 is 0 Å². The van der Waals surface area contributed by atoms with Gasteiger partial charge in [0, 0.05) is 0 Å². The molecule has 3 nitrogen and oxygen atoms in total. The average Bonchev–Trinajstić information content (AvgIpc) is 2.76. The standard InChI is InChI=1S/C28H44O3S.Na/c1-3-5-7-9-11-13-15-17-24-19-20-26-21-25(18-16-14-12-10-8-6-4-2)23-28(27(26)22-24)32(29,30)31;/h19-23H,3-18H2,1-2H3,(H,29,30,31);/q;+1/p-1. The summed E-state index contributed by atoms with van der Waals surface area (Å²) in [6.07, 6.45) is 19.1. The fourth-order valence-electron chi connectivity index (χ4n) is 4.51. The van der Waals surface area contributed by atoms with Gasteiger partial charge in [-0.1, -0.05) is 109 Å². The molecule has 0 spiro atoms. The molecule has 0 fully saturated rings. The quantitative estimate of drug-likeness (QED) is 0.174. The molecule has 180 valence electrons. The number of hydrogen-bond acceptors (Lipinski definition) is 3. The van der Waals surface area contributed by atoms with Crippen molar-refractivity contribution in [2.24, 2.45) is 0 Å². The van der Waals surface area contributed by atoms with Gasteiger partial charge in [-0.2, -0.15) is 0 Å². The van der Waals surface area contributed by atoms with E-state index in [1.54, 1.807) is 6.07 Å². The predicted molar refractivity (Wildman–Crippen MR) is 135 cm³/mol. The third kappa shape index (κ3) is 11.7. The van der Waals surface area contributed by atoms with E-state index in [1.165, 1.54) is 70.6 Å². The van der Waals surface area contributed by atoms with E-state index >= 15 is 0 Å². The summed E-state index contributed by atoms with van der Waals surface area (Å²) in [6, 6.07) is 9.71. The zero-order valence-electron chi connectivity index (χ0n) is 21.3. The first-order chi connectivity index (χ1) is 15.5. The topological polar surface area (TPSA) is 57.2 Å². The molecule has 0 aliphatic carbocycles. The summed E-state index contributed by atoms with van der Waals surface area (Å²) in [6.45, 7) is 4.45. The van der Waals surface area contributed by atoms with E-state index in [2.05, 4.69) is 26.0 Å². The SMILES string of the molecule is CCCCCCCCCc1cc(S(=O)(=O)[O-])c2cc(CCCCCCCCC)ccc2c1.[Na+]. The summed E-state index contributed by atoms with van der Waals surface area (Å²) in [7, 11) is -4.50. The van der Waals surface area contributed by atoms with Crippen LogP contribution in [0.5, 0.6) is 0 Å². The monoisotopic (exact) mass is 482 g/mol. The van der Waals surface area contributed by atoms with Crippen molar-refractivity contribution in [3.05, 3.63) is 41.5 Å². The molecule has 0 bridgehead atoms. The summed E-state index contributed by atoms with van der Waals surface area (Å²) in [5.41, 5.74) is 2.08. The van der Waals surface area contributed by atoms with Crippen LogP contribution in [0.3, 0.4) is 0 Å². The number of unbranched alkanes of at least 4 members (excludes halogenated alkanes) is 12. The van der Waals surface area contributed by atoms with Gasteiger partial charge >= 0.3 is 29.6 Å². The van der Waals surface area contributed by atoms with Crippen LogP contribution < -0.4 is 29.6 Å². The van der Waals surface area contributed by atoms with Crippen LogP contribution in [0, 0.1) is 0 Å². The van der Waals surface area contributed by atoms with Crippen molar-refractivity contribution in [1.29, 1.82) is 0 Å². The van der Waals surface area contributed by atoms with Gasteiger partial charge in [-0.05, 0) is 59.7 Å². The number of fused-ring (bicyclic) bond motifs is 1. The molecule has 0 aromatic heterocycles. The molecule has 0 saturated heterocycles. The van der Waals surface area contributed by atoms with Crippen molar-refractivity contribution < 1.29 is 42.5 Å². The Hall–Kier alpha value is -0.390. The second kappa shape index (κ2) is 17.1. The van der Waals surface area contributed by atoms with Gasteiger partial charge in [-0.3, -0.25) is 0 Å². The number of benzene rings is 2. The molecule has 2 aromatic rings. The molecule has 0 aliphatic rings. The van der Waals surface area contributed by atoms with E-state index in [9.17, 15) is 13.0 Å². The Morgan fingerprint density at radius 2 is 1.12 bits per heavy atom. The van der Waals surface area contributed by atoms with E-state index in [0.29, 0.717) is 5.39 Å². The minimum atomic E-state index is -4.50. The van der Waals surface area contributed by atoms with Crippen molar-refractivity contribution >= 4 is 20.9 Å². The van der Waals surface area contributed by atoms with Gasteiger partial charge in [0.25, 0.3) is 0 Å². The number of hydrogen-bond donors (Lipinski definition) is 0. The van der Waals surface area contributed by atoms with E-state index in [4.69, 9.17) is 0 Å². The molecule has 0 unspecified atom stereocenters. The maximum atomic E-state index is 12.0. The van der Waals surface area contributed by atoms with Gasteiger partial charge in [0.05, 0.1) is 4.90 Å². The van der Waals surface area contributed by atoms with E-state index in [0.717, 1.165) is 48.6 Å². The van der Waals surface area contributed by atoms with Gasteiger partial charge in [0.2, 0.25) is 0 Å². The van der Waals surface area contributed by atoms with Crippen molar-refractivity contribution in [3.8, 4) is 0 Å². The summed E-state index contributed by atoms with van der Waals surface area (Å²) in [5.74, 6) is 0. The van der Waals surface area contributed by atoms with Crippen LogP contribution in [-0.2, 0) is 23.0 Å². The maximum absolute atomic E-state index is 12.0. The van der Waals surface area contributed by atoms with Crippen molar-refractivity contribution in [2.75, 3.05) is 0 Å². The van der Waals surface area contributed by atoms with E-state index in [-0.39, 0.29) is 34.5 Å². The second-order valence-corrected chi connectivity index (χ2v) is 10.7. The van der Waals surface area contributed by atoms with Crippen LogP contribution in [0.2, 0.25) is 0 Å². The van der Waals surface area contributed by atoms with Crippen LogP contribution in [0.4, 0.5) is 0 Å². The van der Waals surface area contributed by atoms with E-state index < -0.39 is 10.1 Å². The molecule has 0 amide bonds. The Bertz CT molecular complexity index is 909. The van der Waals surface area contributed by atoms with E-state index in [1.807, 2.05) is 12.1 Å². The zero-order chi connectivity index (χ0) is 23.2. The van der Waals surface area contributed by atoms with Gasteiger partial charge in [-0.15, -0.1) is 0 Å². The van der Waals surface area contributed by atoms with Gasteiger partial charge in [0.1, 0.15) is 10.1 Å². The number of aryl methyl sites for hydroxylation is 2. The Kier molecular flexibility index (Phi) is 15.9. The second-order valence-electron chi connectivity index (χ2n) is 9.35. The normalized spacial score (nSPS) is 11.6. The fraction of sp³-hybridized carbons (Fsp3) is 0.643. The van der Waals surface area contributed by atoms with Crippen LogP contribution in [0.1, 0.15) is 115 Å². The Morgan fingerprint density at radius 1 is 0.636 bits per heavy atom. The van der Waals surface area contributed by atoms with Crippen molar-refractivity contribution in [1.82, 2.24) is 0 Å². The predicted octanol–water partition coefficient (Wildman–Crippen LogP) is 5.33. The zero-order valence-corrected chi connectivity index (χ0v) is 24.1. The molecule has 2 aromatic carbocycles. The minimum Gasteiger partial charge on any atom is -0.744 e. The minimum absolute atomic E-state index is 0. The third-order valence-electron chi connectivity index (χ3n) is 6.45. The molecule has 0 heterocycles. The number of rotatable bonds is 17. The third-order valence-corrected chi connectivity index (χ3v) is 7.32. The van der Waals surface area contributed by atoms with Crippen molar-refractivity contribution in [3.63, 3.8) is 0 Å². The molecule has 0 N–H and O–H groups in total. The van der Waals surface area contributed by atoms with Crippen LogP contribution in [-0.4, -0.2) is 13.0 Å². The smallest absolute Gasteiger partial charge is 0.744 e. The molecule has 33 heavy (non-hydrogen) atoms. The maximum Gasteiger partial charge on any atom is 1.00 e. The Labute approximate surface area is 225 Å². The average molecular weight is 483 g/mol. The summed E-state index contributed by atoms with van der Waals surface area (Å²) in [4.78, 5) is -0.0469. The largest absolute Gasteiger partial charge is 1.00 e. The fourth-order valence-corrected chi connectivity index (χ4v) is 5.25. The summed E-state index contributed by atoms with van der Waals surface area (Å²) >= 11 is 0.